The maximum atomic E-state index is 5.79. The van der Waals surface area contributed by atoms with E-state index in [-0.39, 0.29) is 0 Å². The minimum atomic E-state index is 0.417. The Morgan fingerprint density at radius 1 is 1.53 bits per heavy atom. The molecule has 1 heterocycles. The summed E-state index contributed by atoms with van der Waals surface area (Å²) < 4.78 is 0. The van der Waals surface area contributed by atoms with Crippen molar-refractivity contribution in [2.75, 3.05) is 0 Å². The van der Waals surface area contributed by atoms with Gasteiger partial charge in [0.15, 0.2) is 0 Å². The van der Waals surface area contributed by atoms with Gasteiger partial charge in [-0.15, -0.1) is 0 Å². The summed E-state index contributed by atoms with van der Waals surface area (Å²) >= 11 is 1.77. The van der Waals surface area contributed by atoms with Crippen molar-refractivity contribution in [3.63, 3.8) is 0 Å². The third-order valence-corrected chi connectivity index (χ3v) is 5.06. The zero-order chi connectivity index (χ0) is 12.3. The lowest BCUT2D eigenvalue weighted by Gasteiger charge is -2.43. The molecule has 0 spiro atoms. The molecule has 0 saturated heterocycles. The van der Waals surface area contributed by atoms with Crippen LogP contribution in [0, 0.1) is 11.3 Å². The van der Waals surface area contributed by atoms with Crippen molar-refractivity contribution in [3.05, 3.63) is 22.4 Å². The molecule has 0 bridgehead atoms. The van der Waals surface area contributed by atoms with E-state index in [9.17, 15) is 0 Å². The van der Waals surface area contributed by atoms with Crippen LogP contribution in [-0.2, 0) is 6.42 Å². The molecule has 2 unspecified atom stereocenters. The standard InChI is InChI=1S/C14H24N2S/c1-14(2)7-4-3-5-12(14)13(16-15)9-11-6-8-17-10-11/h6,8,10,12-13,16H,3-5,7,9,15H2,1-2H3. The topological polar surface area (TPSA) is 38.0 Å². The highest BCUT2D eigenvalue weighted by molar-refractivity contribution is 7.07. The molecule has 1 fully saturated rings. The van der Waals surface area contributed by atoms with Crippen molar-refractivity contribution in [2.45, 2.75) is 52.0 Å². The lowest BCUT2D eigenvalue weighted by Crippen LogP contribution is -2.48. The normalized spacial score (nSPS) is 25.7. The van der Waals surface area contributed by atoms with Crippen LogP contribution in [0.1, 0.15) is 45.1 Å². The van der Waals surface area contributed by atoms with Gasteiger partial charge in [0.05, 0.1) is 0 Å². The number of thiophene rings is 1. The molecule has 17 heavy (non-hydrogen) atoms. The molecule has 0 amide bonds. The molecular formula is C14H24N2S. The van der Waals surface area contributed by atoms with Gasteiger partial charge >= 0.3 is 0 Å². The predicted molar refractivity (Wildman–Crippen MR) is 74.9 cm³/mol. The van der Waals surface area contributed by atoms with Crippen LogP contribution in [0.4, 0.5) is 0 Å². The first-order valence-corrected chi connectivity index (χ1v) is 7.55. The van der Waals surface area contributed by atoms with Crippen molar-refractivity contribution < 1.29 is 0 Å². The maximum absolute atomic E-state index is 5.79. The van der Waals surface area contributed by atoms with Gasteiger partial charge in [0.2, 0.25) is 0 Å². The van der Waals surface area contributed by atoms with E-state index < -0.39 is 0 Å². The van der Waals surface area contributed by atoms with Crippen LogP contribution < -0.4 is 11.3 Å². The third-order valence-electron chi connectivity index (χ3n) is 4.33. The van der Waals surface area contributed by atoms with Gasteiger partial charge in [-0.25, -0.2) is 0 Å². The second-order valence-corrected chi connectivity index (χ2v) is 6.73. The van der Waals surface area contributed by atoms with E-state index in [4.69, 9.17) is 5.84 Å². The van der Waals surface area contributed by atoms with Crippen LogP contribution in [0.15, 0.2) is 16.8 Å². The van der Waals surface area contributed by atoms with E-state index in [0.717, 1.165) is 6.42 Å². The highest BCUT2D eigenvalue weighted by atomic mass is 32.1. The van der Waals surface area contributed by atoms with E-state index in [1.54, 1.807) is 11.3 Å². The van der Waals surface area contributed by atoms with Crippen molar-refractivity contribution in [1.82, 2.24) is 5.43 Å². The van der Waals surface area contributed by atoms with Crippen LogP contribution in [0.3, 0.4) is 0 Å². The Kier molecular flexibility index (Phi) is 4.23. The lowest BCUT2D eigenvalue weighted by molar-refractivity contribution is 0.0982. The molecule has 0 radical (unpaired) electrons. The Labute approximate surface area is 109 Å². The molecule has 3 heteroatoms. The average molecular weight is 252 g/mol. The molecular weight excluding hydrogens is 228 g/mol. The van der Waals surface area contributed by atoms with E-state index in [1.165, 1.54) is 31.2 Å². The number of rotatable bonds is 4. The third kappa shape index (κ3) is 3.09. The summed E-state index contributed by atoms with van der Waals surface area (Å²) in [6.07, 6.45) is 6.44. The Hall–Kier alpha value is -0.380. The molecule has 1 aliphatic rings. The van der Waals surface area contributed by atoms with Gasteiger partial charge in [-0.3, -0.25) is 11.3 Å². The summed E-state index contributed by atoms with van der Waals surface area (Å²) in [7, 11) is 0. The molecule has 1 saturated carbocycles. The fourth-order valence-corrected chi connectivity index (χ4v) is 3.93. The van der Waals surface area contributed by atoms with E-state index in [1.807, 2.05) is 0 Å². The summed E-state index contributed by atoms with van der Waals surface area (Å²) in [5.41, 5.74) is 4.91. The second-order valence-electron chi connectivity index (χ2n) is 5.95. The zero-order valence-corrected chi connectivity index (χ0v) is 11.7. The first-order valence-electron chi connectivity index (χ1n) is 6.61. The van der Waals surface area contributed by atoms with Crippen molar-refractivity contribution in [2.24, 2.45) is 17.2 Å². The van der Waals surface area contributed by atoms with Crippen LogP contribution >= 0.6 is 11.3 Å². The first-order chi connectivity index (χ1) is 8.13. The highest BCUT2D eigenvalue weighted by Gasteiger charge is 2.37. The number of hydrogen-bond acceptors (Lipinski definition) is 3. The fourth-order valence-electron chi connectivity index (χ4n) is 3.25. The smallest absolute Gasteiger partial charge is 0.0284 e. The zero-order valence-electron chi connectivity index (χ0n) is 10.9. The van der Waals surface area contributed by atoms with Crippen molar-refractivity contribution in [3.8, 4) is 0 Å². The molecule has 1 aromatic rings. The van der Waals surface area contributed by atoms with E-state index >= 15 is 0 Å². The number of hydrogen-bond donors (Lipinski definition) is 2. The molecule has 1 aromatic heterocycles. The Bertz CT molecular complexity index is 332. The Morgan fingerprint density at radius 3 is 2.94 bits per heavy atom. The monoisotopic (exact) mass is 252 g/mol. The van der Waals surface area contributed by atoms with Gasteiger partial charge < -0.3 is 0 Å². The van der Waals surface area contributed by atoms with Gasteiger partial charge in [-0.05, 0) is 53.0 Å². The molecule has 1 aliphatic carbocycles. The second kappa shape index (κ2) is 5.51. The summed E-state index contributed by atoms with van der Waals surface area (Å²) in [6, 6.07) is 2.63. The molecule has 2 rings (SSSR count). The predicted octanol–water partition coefficient (Wildman–Crippen LogP) is 3.34. The molecule has 3 N–H and O–H groups in total. The van der Waals surface area contributed by atoms with E-state index in [2.05, 4.69) is 36.1 Å². The fraction of sp³-hybridized carbons (Fsp3) is 0.714. The summed E-state index contributed by atoms with van der Waals surface area (Å²) in [5, 5.41) is 4.38. The Morgan fingerprint density at radius 2 is 2.35 bits per heavy atom. The van der Waals surface area contributed by atoms with Crippen molar-refractivity contribution >= 4 is 11.3 Å². The lowest BCUT2D eigenvalue weighted by atomic mass is 9.65. The van der Waals surface area contributed by atoms with Crippen molar-refractivity contribution in [1.29, 1.82) is 0 Å². The Balaban J connectivity index is 2.06. The quantitative estimate of drug-likeness (QED) is 0.637. The molecule has 2 nitrogen and oxygen atoms in total. The molecule has 96 valence electrons. The van der Waals surface area contributed by atoms with Gasteiger partial charge in [0.25, 0.3) is 0 Å². The van der Waals surface area contributed by atoms with Crippen LogP contribution in [0.2, 0.25) is 0 Å². The number of hydrazine groups is 1. The summed E-state index contributed by atoms with van der Waals surface area (Å²) in [5.74, 6) is 6.49. The average Bonchev–Trinajstić information content (AvgIpc) is 2.79. The maximum Gasteiger partial charge on any atom is 0.0284 e. The summed E-state index contributed by atoms with van der Waals surface area (Å²) in [6.45, 7) is 4.80. The minimum absolute atomic E-state index is 0.417. The SMILES string of the molecule is CC1(C)CCCCC1C(Cc1ccsc1)NN. The molecule has 0 aliphatic heterocycles. The van der Waals surface area contributed by atoms with Gasteiger partial charge in [0.1, 0.15) is 0 Å². The minimum Gasteiger partial charge on any atom is -0.271 e. The van der Waals surface area contributed by atoms with Gasteiger partial charge in [-0.1, -0.05) is 26.7 Å². The van der Waals surface area contributed by atoms with E-state index in [0.29, 0.717) is 17.4 Å². The highest BCUT2D eigenvalue weighted by Crippen LogP contribution is 2.42. The van der Waals surface area contributed by atoms with Gasteiger partial charge in [0, 0.05) is 6.04 Å². The largest absolute Gasteiger partial charge is 0.271 e. The number of nitrogens with two attached hydrogens (primary N) is 1. The van der Waals surface area contributed by atoms with Crippen LogP contribution in [0.25, 0.3) is 0 Å². The van der Waals surface area contributed by atoms with Crippen LogP contribution in [0.5, 0.6) is 0 Å². The molecule has 0 aromatic carbocycles. The van der Waals surface area contributed by atoms with Gasteiger partial charge in [-0.2, -0.15) is 11.3 Å². The molecule has 2 atom stereocenters. The summed E-state index contributed by atoms with van der Waals surface area (Å²) in [4.78, 5) is 0. The number of nitrogens with one attached hydrogen (secondary N) is 1. The first kappa shape index (κ1) is 13.1. The van der Waals surface area contributed by atoms with Crippen LogP contribution in [-0.4, -0.2) is 6.04 Å².